The van der Waals surface area contributed by atoms with Crippen molar-refractivity contribution in [3.8, 4) is 5.75 Å². The zero-order valence-electron chi connectivity index (χ0n) is 12.8. The van der Waals surface area contributed by atoms with Crippen LogP contribution in [0.1, 0.15) is 49.3 Å². The van der Waals surface area contributed by atoms with E-state index in [-0.39, 0.29) is 0 Å². The highest BCUT2D eigenvalue weighted by Crippen LogP contribution is 2.27. The van der Waals surface area contributed by atoms with Gasteiger partial charge in [0, 0.05) is 12.1 Å². The summed E-state index contributed by atoms with van der Waals surface area (Å²) < 4.78 is 5.38. The molecule has 0 aliphatic carbocycles. The monoisotopic (exact) mass is 277 g/mol. The maximum Gasteiger partial charge on any atom is 0.124 e. The molecule has 0 aromatic heterocycles. The van der Waals surface area contributed by atoms with Gasteiger partial charge in [-0.15, -0.1) is 0 Å². The van der Waals surface area contributed by atoms with Crippen LogP contribution in [0.15, 0.2) is 18.2 Å². The first-order valence-electron chi connectivity index (χ1n) is 7.75. The van der Waals surface area contributed by atoms with Crippen LogP contribution in [0.3, 0.4) is 0 Å². The van der Waals surface area contributed by atoms with Crippen molar-refractivity contribution in [3.05, 3.63) is 29.3 Å². The van der Waals surface area contributed by atoms with Crippen LogP contribution in [0.25, 0.3) is 0 Å². The van der Waals surface area contributed by atoms with E-state index in [0.29, 0.717) is 6.54 Å². The maximum absolute atomic E-state index is 10.5. The van der Waals surface area contributed by atoms with Crippen LogP contribution < -0.4 is 4.74 Å². The molecule has 20 heavy (non-hydrogen) atoms. The van der Waals surface area contributed by atoms with Gasteiger partial charge in [-0.25, -0.2) is 0 Å². The van der Waals surface area contributed by atoms with Gasteiger partial charge in [-0.2, -0.15) is 0 Å². The van der Waals surface area contributed by atoms with E-state index in [1.54, 1.807) is 7.11 Å². The van der Waals surface area contributed by atoms with E-state index < -0.39 is 6.10 Å². The van der Waals surface area contributed by atoms with E-state index in [1.165, 1.54) is 32.1 Å². The van der Waals surface area contributed by atoms with Crippen molar-refractivity contribution in [1.29, 1.82) is 0 Å². The Morgan fingerprint density at radius 1 is 1.15 bits per heavy atom. The molecule has 0 bridgehead atoms. The van der Waals surface area contributed by atoms with E-state index in [4.69, 9.17) is 4.74 Å². The number of hydrogen-bond acceptors (Lipinski definition) is 3. The first-order chi connectivity index (χ1) is 9.70. The van der Waals surface area contributed by atoms with Gasteiger partial charge >= 0.3 is 0 Å². The highest BCUT2D eigenvalue weighted by Gasteiger charge is 2.18. The van der Waals surface area contributed by atoms with E-state index in [9.17, 15) is 5.11 Å². The quantitative estimate of drug-likeness (QED) is 0.916. The molecule has 3 nitrogen and oxygen atoms in total. The number of likely N-dealkylation sites (tertiary alicyclic amines) is 1. The Morgan fingerprint density at radius 3 is 2.45 bits per heavy atom. The Morgan fingerprint density at radius 2 is 1.80 bits per heavy atom. The number of hydrogen-bond donors (Lipinski definition) is 1. The fraction of sp³-hybridized carbons (Fsp3) is 0.647. The van der Waals surface area contributed by atoms with Crippen LogP contribution in [-0.4, -0.2) is 36.8 Å². The minimum absolute atomic E-state index is 0.468. The third-order valence-electron chi connectivity index (χ3n) is 4.12. The van der Waals surface area contributed by atoms with Crippen molar-refractivity contribution in [2.75, 3.05) is 26.7 Å². The predicted molar refractivity (Wildman–Crippen MR) is 82.2 cm³/mol. The fourth-order valence-electron chi connectivity index (χ4n) is 2.95. The smallest absolute Gasteiger partial charge is 0.124 e. The molecule has 1 heterocycles. The van der Waals surface area contributed by atoms with Crippen molar-refractivity contribution < 1.29 is 9.84 Å². The van der Waals surface area contributed by atoms with Crippen molar-refractivity contribution >= 4 is 0 Å². The van der Waals surface area contributed by atoms with Gasteiger partial charge < -0.3 is 14.7 Å². The van der Waals surface area contributed by atoms with Gasteiger partial charge in [0.05, 0.1) is 13.2 Å². The summed E-state index contributed by atoms with van der Waals surface area (Å²) in [6.07, 6.45) is 6.03. The summed E-state index contributed by atoms with van der Waals surface area (Å²) in [5.41, 5.74) is 2.07. The van der Waals surface area contributed by atoms with Crippen molar-refractivity contribution in [3.63, 3.8) is 0 Å². The zero-order valence-corrected chi connectivity index (χ0v) is 12.8. The van der Waals surface area contributed by atoms with Crippen molar-refractivity contribution in [2.45, 2.75) is 45.1 Å². The molecule has 1 atom stereocenters. The molecule has 3 heteroatoms. The molecule has 1 fully saturated rings. The van der Waals surface area contributed by atoms with Crippen molar-refractivity contribution in [1.82, 2.24) is 4.90 Å². The number of ether oxygens (including phenoxy) is 1. The lowest BCUT2D eigenvalue weighted by Crippen LogP contribution is -2.31. The fourth-order valence-corrected chi connectivity index (χ4v) is 2.95. The van der Waals surface area contributed by atoms with Crippen molar-refractivity contribution in [2.24, 2.45) is 0 Å². The van der Waals surface area contributed by atoms with Gasteiger partial charge in [0.25, 0.3) is 0 Å². The van der Waals surface area contributed by atoms with Crippen LogP contribution in [0.5, 0.6) is 5.75 Å². The Bertz CT molecular complexity index is 411. The van der Waals surface area contributed by atoms with E-state index in [0.717, 1.165) is 30.0 Å². The molecule has 0 saturated carbocycles. The Labute approximate surface area is 122 Å². The molecule has 112 valence electrons. The first kappa shape index (κ1) is 15.3. The predicted octanol–water partition coefficient (Wildman–Crippen LogP) is 3.30. The second-order valence-corrected chi connectivity index (χ2v) is 5.83. The topological polar surface area (TPSA) is 32.7 Å². The summed E-state index contributed by atoms with van der Waals surface area (Å²) in [6, 6.07) is 6.00. The Balaban J connectivity index is 2.02. The molecule has 1 aromatic rings. The van der Waals surface area contributed by atoms with Gasteiger partial charge in [-0.1, -0.05) is 30.9 Å². The number of methoxy groups -OCH3 is 1. The number of nitrogens with zero attached hydrogens (tertiary/aromatic N) is 1. The zero-order chi connectivity index (χ0) is 14.4. The number of benzene rings is 1. The normalized spacial score (nSPS) is 19.1. The number of β-amino-alcohol motifs (C(OH)–C–C–N with tert-alkyl or cyclic N) is 1. The van der Waals surface area contributed by atoms with E-state index in [2.05, 4.69) is 4.90 Å². The molecule has 0 spiro atoms. The van der Waals surface area contributed by atoms with Gasteiger partial charge in [-0.3, -0.25) is 0 Å². The van der Waals surface area contributed by atoms with Gasteiger partial charge in [-0.05, 0) is 45.0 Å². The summed E-state index contributed by atoms with van der Waals surface area (Å²) in [5.74, 6) is 0.787. The van der Waals surface area contributed by atoms with Crippen LogP contribution in [-0.2, 0) is 0 Å². The molecule has 0 radical (unpaired) electrons. The maximum atomic E-state index is 10.5. The standard InChI is InChI=1S/C17H27NO2/c1-14-8-9-17(20-2)15(12-14)16(19)13-18-10-6-4-3-5-7-11-18/h8-9,12,16,19H,3-7,10-11,13H2,1-2H3. The summed E-state index contributed by atoms with van der Waals surface area (Å²) in [6.45, 7) is 4.96. The molecule has 1 aliphatic rings. The van der Waals surface area contributed by atoms with Gasteiger partial charge in [0.2, 0.25) is 0 Å². The van der Waals surface area contributed by atoms with Crippen LogP contribution in [0.4, 0.5) is 0 Å². The van der Waals surface area contributed by atoms with E-state index >= 15 is 0 Å². The lowest BCUT2D eigenvalue weighted by Gasteiger charge is -2.27. The third kappa shape index (κ3) is 4.22. The highest BCUT2D eigenvalue weighted by molar-refractivity contribution is 5.38. The molecule has 2 rings (SSSR count). The lowest BCUT2D eigenvalue weighted by atomic mass is 10.0. The molecule has 1 aromatic carbocycles. The molecule has 1 saturated heterocycles. The minimum Gasteiger partial charge on any atom is -0.496 e. The third-order valence-corrected chi connectivity index (χ3v) is 4.12. The average molecular weight is 277 g/mol. The average Bonchev–Trinajstić information content (AvgIpc) is 2.41. The molecule has 1 aliphatic heterocycles. The first-order valence-corrected chi connectivity index (χ1v) is 7.75. The molecular weight excluding hydrogens is 250 g/mol. The largest absolute Gasteiger partial charge is 0.496 e. The Hall–Kier alpha value is -1.06. The van der Waals surface area contributed by atoms with Gasteiger partial charge in [0.15, 0.2) is 0 Å². The molecule has 1 N–H and O–H groups in total. The van der Waals surface area contributed by atoms with Crippen LogP contribution >= 0.6 is 0 Å². The highest BCUT2D eigenvalue weighted by atomic mass is 16.5. The SMILES string of the molecule is COc1ccc(C)cc1C(O)CN1CCCCCCC1. The summed E-state index contributed by atoms with van der Waals surface area (Å²) in [5, 5.41) is 10.5. The molecule has 0 amide bonds. The number of aliphatic hydroxyl groups is 1. The number of aryl methyl sites for hydroxylation is 1. The second-order valence-electron chi connectivity index (χ2n) is 5.83. The van der Waals surface area contributed by atoms with Crippen LogP contribution in [0.2, 0.25) is 0 Å². The lowest BCUT2D eigenvalue weighted by molar-refractivity contribution is 0.105. The summed E-state index contributed by atoms with van der Waals surface area (Å²) in [7, 11) is 1.66. The Kier molecular flexibility index (Phi) is 5.86. The molecular formula is C17H27NO2. The summed E-state index contributed by atoms with van der Waals surface area (Å²) >= 11 is 0. The minimum atomic E-state index is -0.468. The second kappa shape index (κ2) is 7.65. The van der Waals surface area contributed by atoms with Crippen LogP contribution in [0, 0.1) is 6.92 Å². The summed E-state index contributed by atoms with van der Waals surface area (Å²) in [4.78, 5) is 2.39. The van der Waals surface area contributed by atoms with E-state index in [1.807, 2.05) is 25.1 Å². The van der Waals surface area contributed by atoms with Gasteiger partial charge in [0.1, 0.15) is 5.75 Å². The molecule has 1 unspecified atom stereocenters. The number of aliphatic hydroxyl groups excluding tert-OH is 1. The number of rotatable bonds is 4.